The lowest BCUT2D eigenvalue weighted by Crippen LogP contribution is -2.43. The van der Waals surface area contributed by atoms with Gasteiger partial charge in [-0.3, -0.25) is 14.5 Å². The second-order valence-electron chi connectivity index (χ2n) is 10.2. The number of rotatable bonds is 7. The predicted octanol–water partition coefficient (Wildman–Crippen LogP) is 4.64. The van der Waals surface area contributed by atoms with E-state index in [2.05, 4.69) is 63.5 Å². The van der Waals surface area contributed by atoms with Crippen LogP contribution < -0.4 is 15.8 Å². The highest BCUT2D eigenvalue weighted by Gasteiger charge is 2.25. The summed E-state index contributed by atoms with van der Waals surface area (Å²) in [4.78, 5) is 33.3. The molecule has 0 aliphatic carbocycles. The summed E-state index contributed by atoms with van der Waals surface area (Å²) < 4.78 is 0. The van der Waals surface area contributed by atoms with Crippen LogP contribution in [0.4, 0.5) is 5.69 Å². The van der Waals surface area contributed by atoms with Gasteiger partial charge < -0.3 is 15.2 Å². The molecule has 1 aliphatic rings. The van der Waals surface area contributed by atoms with Crippen molar-refractivity contribution in [3.8, 4) is 0 Å². The van der Waals surface area contributed by atoms with Crippen molar-refractivity contribution in [3.05, 3.63) is 98.0 Å². The maximum Gasteiger partial charge on any atom is 0.253 e. The molecule has 0 spiro atoms. The van der Waals surface area contributed by atoms with Crippen LogP contribution in [0.25, 0.3) is 0 Å². The number of pyridine rings is 1. The zero-order chi connectivity index (χ0) is 25.8. The first-order valence-corrected chi connectivity index (χ1v) is 12.8. The van der Waals surface area contributed by atoms with E-state index in [1.165, 1.54) is 5.56 Å². The van der Waals surface area contributed by atoms with Crippen LogP contribution in [0.5, 0.6) is 0 Å². The van der Waals surface area contributed by atoms with Crippen LogP contribution in [0.3, 0.4) is 0 Å². The van der Waals surface area contributed by atoms with Gasteiger partial charge in [-0.05, 0) is 81.0 Å². The van der Waals surface area contributed by atoms with Gasteiger partial charge in [0.05, 0.1) is 0 Å². The summed E-state index contributed by atoms with van der Waals surface area (Å²) in [6, 6.07) is 17.1. The van der Waals surface area contributed by atoms with Gasteiger partial charge in [0.1, 0.15) is 0 Å². The first-order valence-electron chi connectivity index (χ1n) is 12.8. The van der Waals surface area contributed by atoms with Crippen molar-refractivity contribution in [1.82, 2.24) is 15.2 Å². The van der Waals surface area contributed by atoms with Crippen molar-refractivity contribution < 1.29 is 4.79 Å². The molecule has 0 unspecified atom stereocenters. The Hall–Kier alpha value is -3.38. The average Bonchev–Trinajstić information content (AvgIpc) is 2.85. The molecule has 6 nitrogen and oxygen atoms in total. The van der Waals surface area contributed by atoms with E-state index in [0.717, 1.165) is 60.5 Å². The summed E-state index contributed by atoms with van der Waals surface area (Å²) in [5, 5.41) is 2.97. The summed E-state index contributed by atoms with van der Waals surface area (Å²) in [6.45, 7) is 11.1. The summed E-state index contributed by atoms with van der Waals surface area (Å²) in [5.41, 5.74) is 7.31. The summed E-state index contributed by atoms with van der Waals surface area (Å²) in [6.07, 6.45) is 2.18. The second kappa shape index (κ2) is 11.1. The Labute approximate surface area is 214 Å². The third kappa shape index (κ3) is 5.88. The number of amides is 1. The fourth-order valence-corrected chi connectivity index (χ4v) is 5.31. The van der Waals surface area contributed by atoms with E-state index in [1.54, 1.807) is 0 Å². The van der Waals surface area contributed by atoms with Crippen LogP contribution in [-0.4, -0.2) is 42.0 Å². The lowest BCUT2D eigenvalue weighted by molar-refractivity contribution is 0.0950. The molecular formula is C30H38N4O2. The first kappa shape index (κ1) is 25.7. The third-order valence-corrected chi connectivity index (χ3v) is 7.42. The number of aromatic amines is 1. The zero-order valence-electron chi connectivity index (χ0n) is 22.1. The number of likely N-dealkylation sites (tertiary alicyclic amines) is 1. The van der Waals surface area contributed by atoms with Gasteiger partial charge in [0, 0.05) is 61.8 Å². The van der Waals surface area contributed by atoms with E-state index in [0.29, 0.717) is 17.2 Å². The molecule has 1 aliphatic heterocycles. The molecule has 0 atom stereocenters. The molecule has 3 aromatic rings. The number of carbonyl (C=O) groups excluding carboxylic acids is 1. The monoisotopic (exact) mass is 486 g/mol. The predicted molar refractivity (Wildman–Crippen MR) is 147 cm³/mol. The molecule has 1 aromatic heterocycles. The minimum atomic E-state index is -0.150. The molecule has 0 radical (unpaired) electrons. The number of nitrogens with zero attached hydrogens (tertiary/aromatic N) is 2. The lowest BCUT2D eigenvalue weighted by atomic mass is 9.98. The van der Waals surface area contributed by atoms with Crippen molar-refractivity contribution in [2.75, 3.05) is 25.0 Å². The number of hydrogen-bond acceptors (Lipinski definition) is 4. The van der Waals surface area contributed by atoms with Crippen molar-refractivity contribution in [3.63, 3.8) is 0 Å². The highest BCUT2D eigenvalue weighted by Crippen LogP contribution is 2.29. The molecule has 1 amide bonds. The number of nitrogens with one attached hydrogen (secondary N) is 2. The normalized spacial score (nSPS) is 14.6. The number of piperidine rings is 1. The molecule has 2 aromatic carbocycles. The smallest absolute Gasteiger partial charge is 0.253 e. The highest BCUT2D eigenvalue weighted by molar-refractivity contribution is 5.97. The number of H-pyrrole nitrogens is 1. The number of carbonyl (C=O) groups is 1. The average molecular weight is 487 g/mol. The largest absolute Gasteiger partial charge is 0.371 e. The van der Waals surface area contributed by atoms with Gasteiger partial charge in [-0.25, -0.2) is 0 Å². The molecular weight excluding hydrogens is 448 g/mol. The zero-order valence-corrected chi connectivity index (χ0v) is 22.1. The number of anilines is 1. The Bertz CT molecular complexity index is 1270. The van der Waals surface area contributed by atoms with Crippen LogP contribution >= 0.6 is 0 Å². The van der Waals surface area contributed by atoms with E-state index in [4.69, 9.17) is 0 Å². The topological polar surface area (TPSA) is 68.4 Å². The number of benzene rings is 2. The Morgan fingerprint density at radius 3 is 2.42 bits per heavy atom. The van der Waals surface area contributed by atoms with E-state index in [9.17, 15) is 9.59 Å². The van der Waals surface area contributed by atoms with Gasteiger partial charge in [-0.1, -0.05) is 30.3 Å². The van der Waals surface area contributed by atoms with E-state index >= 15 is 0 Å². The number of hydrogen-bond donors (Lipinski definition) is 2. The number of aromatic nitrogens is 1. The molecule has 0 bridgehead atoms. The maximum atomic E-state index is 13.2. The van der Waals surface area contributed by atoms with Crippen LogP contribution in [0.2, 0.25) is 0 Å². The van der Waals surface area contributed by atoms with Gasteiger partial charge in [0.25, 0.3) is 11.5 Å². The van der Waals surface area contributed by atoms with Gasteiger partial charge in [0.15, 0.2) is 0 Å². The standard InChI is InChI=1S/C30H38N4O2/c1-20-15-26(29(35)31-18-27-21(2)17-22(3)32-30(27)36)23(4)28(16-20)33(5)25-11-13-34(14-12-25)19-24-9-7-6-8-10-24/h6-10,15-17,25H,11-14,18-19H2,1-5H3,(H,31,35)(H,32,36). The van der Waals surface area contributed by atoms with Gasteiger partial charge in [0.2, 0.25) is 0 Å². The molecule has 1 saturated heterocycles. The Kier molecular flexibility index (Phi) is 7.94. The molecule has 4 rings (SSSR count). The van der Waals surface area contributed by atoms with Crippen LogP contribution in [0, 0.1) is 27.7 Å². The van der Waals surface area contributed by atoms with Crippen LogP contribution in [0.15, 0.2) is 53.3 Å². The minimum Gasteiger partial charge on any atom is -0.371 e. The summed E-state index contributed by atoms with van der Waals surface area (Å²) >= 11 is 0. The minimum absolute atomic E-state index is 0.146. The Balaban J connectivity index is 1.43. The highest BCUT2D eigenvalue weighted by atomic mass is 16.1. The SMILES string of the molecule is Cc1cc(C(=O)NCc2c(C)cc(C)[nH]c2=O)c(C)c(N(C)C2CCN(Cc3ccccc3)CC2)c1. The summed E-state index contributed by atoms with van der Waals surface area (Å²) in [7, 11) is 2.15. The van der Waals surface area contributed by atoms with Gasteiger partial charge in [-0.15, -0.1) is 0 Å². The van der Waals surface area contributed by atoms with Gasteiger partial charge in [-0.2, -0.15) is 0 Å². The first-order chi connectivity index (χ1) is 17.2. The summed E-state index contributed by atoms with van der Waals surface area (Å²) in [5.74, 6) is -0.150. The van der Waals surface area contributed by atoms with Gasteiger partial charge >= 0.3 is 0 Å². The third-order valence-electron chi connectivity index (χ3n) is 7.42. The molecule has 2 heterocycles. The van der Waals surface area contributed by atoms with Crippen molar-refractivity contribution in [2.45, 2.75) is 59.7 Å². The van der Waals surface area contributed by atoms with Crippen LogP contribution in [-0.2, 0) is 13.1 Å². The Morgan fingerprint density at radius 1 is 1.06 bits per heavy atom. The molecule has 36 heavy (non-hydrogen) atoms. The molecule has 0 saturated carbocycles. The van der Waals surface area contributed by atoms with E-state index in [1.807, 2.05) is 39.8 Å². The van der Waals surface area contributed by atoms with Crippen molar-refractivity contribution in [2.24, 2.45) is 0 Å². The lowest BCUT2D eigenvalue weighted by Gasteiger charge is -2.38. The van der Waals surface area contributed by atoms with Crippen molar-refractivity contribution in [1.29, 1.82) is 0 Å². The second-order valence-corrected chi connectivity index (χ2v) is 10.2. The van der Waals surface area contributed by atoms with E-state index < -0.39 is 0 Å². The number of aryl methyl sites for hydroxylation is 3. The van der Waals surface area contributed by atoms with Crippen molar-refractivity contribution >= 4 is 11.6 Å². The fraction of sp³-hybridized carbons (Fsp3) is 0.400. The fourth-order valence-electron chi connectivity index (χ4n) is 5.31. The molecule has 190 valence electrons. The quantitative estimate of drug-likeness (QED) is 0.511. The maximum absolute atomic E-state index is 13.2. The van der Waals surface area contributed by atoms with E-state index in [-0.39, 0.29) is 18.0 Å². The molecule has 6 heteroatoms. The molecule has 1 fully saturated rings. The molecule has 2 N–H and O–H groups in total. The Morgan fingerprint density at radius 2 is 1.75 bits per heavy atom. The van der Waals surface area contributed by atoms with Crippen LogP contribution in [0.1, 0.15) is 56.7 Å².